The zero-order chi connectivity index (χ0) is 30.1. The largest absolute Gasteiger partial charge is 0.436 e. The number of nitrogens with two attached hydrogens (primary N) is 2. The minimum absolute atomic E-state index is 0.0129. The van der Waals surface area contributed by atoms with Crippen molar-refractivity contribution in [2.45, 2.75) is 13.5 Å². The van der Waals surface area contributed by atoms with Crippen LogP contribution in [0.3, 0.4) is 0 Å². The number of aryl methyl sites for hydroxylation is 1. The summed E-state index contributed by atoms with van der Waals surface area (Å²) in [5.41, 5.74) is 14.6. The molecule has 3 aromatic carbocycles. The van der Waals surface area contributed by atoms with Crippen LogP contribution in [0.15, 0.2) is 77.8 Å². The highest BCUT2D eigenvalue weighted by atomic mass is 16.5. The number of primary amides is 1. The number of benzene rings is 3. The number of amidine groups is 2. The number of amides is 1. The van der Waals surface area contributed by atoms with Gasteiger partial charge in [0.05, 0.1) is 18.7 Å². The standard InChI is InChI=1S/C31H29N9O3/c1-18-36-25-29(40(18)17-19-7-4-3-5-8-19)37-31(42-22-10-6-9-21(15-22)28-35-13-14-39(28)2)38-30(25)43-24-16-20(26(32)33)11-12-23(24)27(34)41/h3-12,15-16H,13-14,17H2,1-2H3,(H3,32,33)(H2,34,41). The van der Waals surface area contributed by atoms with E-state index >= 15 is 0 Å². The van der Waals surface area contributed by atoms with Gasteiger partial charge in [-0.05, 0) is 36.8 Å². The third-order valence-corrected chi connectivity index (χ3v) is 7.04. The maximum Gasteiger partial charge on any atom is 0.327 e. The molecule has 0 unspecified atom stereocenters. The quantitative estimate of drug-likeness (QED) is 0.176. The first kappa shape index (κ1) is 27.4. The number of nitrogens with zero attached hydrogens (tertiary/aromatic N) is 6. The second-order valence-electron chi connectivity index (χ2n) is 10.1. The normalized spacial score (nSPS) is 12.8. The van der Waals surface area contributed by atoms with Crippen molar-refractivity contribution in [1.29, 1.82) is 5.41 Å². The Balaban J connectivity index is 1.46. The highest BCUT2D eigenvalue weighted by Gasteiger charge is 2.22. The van der Waals surface area contributed by atoms with Crippen LogP contribution in [0.5, 0.6) is 23.4 Å². The number of rotatable bonds is 9. The Morgan fingerprint density at radius 2 is 1.79 bits per heavy atom. The number of hydrogen-bond donors (Lipinski definition) is 3. The lowest BCUT2D eigenvalue weighted by molar-refractivity contribution is 0.0998. The van der Waals surface area contributed by atoms with Crippen molar-refractivity contribution >= 4 is 28.7 Å². The summed E-state index contributed by atoms with van der Waals surface area (Å²) in [7, 11) is 2.00. The molecule has 12 heteroatoms. The molecule has 0 aliphatic carbocycles. The SMILES string of the molecule is Cc1nc2c(Oc3cc(C(=N)N)ccc3C(N)=O)nc(Oc3cccc(C4=NCCN4C)c3)nc2n1Cc1ccccc1. The Hall–Kier alpha value is -5.78. The second kappa shape index (κ2) is 11.2. The number of nitrogens with one attached hydrogen (secondary N) is 1. The van der Waals surface area contributed by atoms with Crippen LogP contribution in [0.4, 0.5) is 0 Å². The van der Waals surface area contributed by atoms with E-state index in [1.54, 1.807) is 6.07 Å². The summed E-state index contributed by atoms with van der Waals surface area (Å²) in [5.74, 6) is 1.28. The van der Waals surface area contributed by atoms with Crippen LogP contribution in [0.25, 0.3) is 11.2 Å². The number of likely N-dealkylation sites (N-methyl/N-ethyl adjacent to an activating group) is 1. The number of nitrogen functional groups attached to an aromatic ring is 1. The van der Waals surface area contributed by atoms with Crippen LogP contribution in [0.2, 0.25) is 0 Å². The van der Waals surface area contributed by atoms with E-state index in [0.29, 0.717) is 34.8 Å². The minimum atomic E-state index is -0.714. The van der Waals surface area contributed by atoms with Crippen LogP contribution < -0.4 is 20.9 Å². The molecule has 3 heterocycles. The average Bonchev–Trinajstić information content (AvgIpc) is 3.56. The molecule has 0 bridgehead atoms. The first-order valence-corrected chi connectivity index (χ1v) is 13.6. The molecule has 0 fully saturated rings. The molecule has 0 radical (unpaired) electrons. The minimum Gasteiger partial charge on any atom is -0.436 e. The molecule has 5 aromatic rings. The molecule has 1 amide bonds. The first-order valence-electron chi connectivity index (χ1n) is 13.6. The zero-order valence-electron chi connectivity index (χ0n) is 23.6. The van der Waals surface area contributed by atoms with E-state index in [9.17, 15) is 4.79 Å². The van der Waals surface area contributed by atoms with E-state index in [0.717, 1.165) is 30.1 Å². The fourth-order valence-electron chi connectivity index (χ4n) is 4.87. The molecule has 0 saturated heterocycles. The van der Waals surface area contributed by atoms with E-state index in [1.807, 2.05) is 67.1 Å². The average molecular weight is 576 g/mol. The molecule has 12 nitrogen and oxygen atoms in total. The second-order valence-corrected chi connectivity index (χ2v) is 10.1. The number of fused-ring (bicyclic) bond motifs is 1. The first-order chi connectivity index (χ1) is 20.8. The predicted octanol–water partition coefficient (Wildman–Crippen LogP) is 3.84. The van der Waals surface area contributed by atoms with Crippen LogP contribution in [-0.4, -0.2) is 62.1 Å². The number of carbonyl (C=O) groups excluding carboxylic acids is 1. The fourth-order valence-corrected chi connectivity index (χ4v) is 4.87. The lowest BCUT2D eigenvalue weighted by atomic mass is 10.1. The highest BCUT2D eigenvalue weighted by Crippen LogP contribution is 2.33. The summed E-state index contributed by atoms with van der Waals surface area (Å²) >= 11 is 0. The van der Waals surface area contributed by atoms with E-state index in [2.05, 4.69) is 14.9 Å². The van der Waals surface area contributed by atoms with Gasteiger partial charge in [0.1, 0.15) is 29.0 Å². The molecule has 2 aromatic heterocycles. The zero-order valence-corrected chi connectivity index (χ0v) is 23.6. The Bertz CT molecular complexity index is 1900. The van der Waals surface area contributed by atoms with Gasteiger partial charge in [-0.3, -0.25) is 15.2 Å². The molecule has 43 heavy (non-hydrogen) atoms. The molecule has 5 N–H and O–H groups in total. The van der Waals surface area contributed by atoms with Gasteiger partial charge < -0.3 is 30.4 Å². The lowest BCUT2D eigenvalue weighted by Crippen LogP contribution is -2.23. The van der Waals surface area contributed by atoms with Gasteiger partial charge in [0, 0.05) is 24.7 Å². The Kier molecular flexibility index (Phi) is 7.16. The third-order valence-electron chi connectivity index (χ3n) is 7.04. The van der Waals surface area contributed by atoms with Crippen molar-refractivity contribution in [2.24, 2.45) is 16.5 Å². The summed E-state index contributed by atoms with van der Waals surface area (Å²) in [6, 6.07) is 21.9. The van der Waals surface area contributed by atoms with Crippen LogP contribution in [0, 0.1) is 12.3 Å². The molecule has 1 aliphatic heterocycles. The monoisotopic (exact) mass is 575 g/mol. The number of carbonyl (C=O) groups is 1. The van der Waals surface area contributed by atoms with E-state index in [4.69, 9.17) is 36.3 Å². The van der Waals surface area contributed by atoms with Crippen LogP contribution in [-0.2, 0) is 6.54 Å². The maximum atomic E-state index is 12.3. The molecule has 216 valence electrons. The van der Waals surface area contributed by atoms with Gasteiger partial charge in [0.15, 0.2) is 11.2 Å². The van der Waals surface area contributed by atoms with Crippen molar-refractivity contribution in [3.63, 3.8) is 0 Å². The Morgan fingerprint density at radius 1 is 0.977 bits per heavy atom. The molecule has 0 spiro atoms. The van der Waals surface area contributed by atoms with Gasteiger partial charge in [0.2, 0.25) is 0 Å². The molecule has 0 saturated carbocycles. The Labute approximate surface area is 247 Å². The summed E-state index contributed by atoms with van der Waals surface area (Å²) in [4.78, 5) is 33.0. The van der Waals surface area contributed by atoms with Gasteiger partial charge in [-0.1, -0.05) is 48.5 Å². The summed E-state index contributed by atoms with van der Waals surface area (Å²) in [6.07, 6.45) is 0. The number of imidazole rings is 1. The number of ether oxygens (including phenoxy) is 2. The third kappa shape index (κ3) is 5.58. The number of aliphatic imine (C=N–C) groups is 1. The predicted molar refractivity (Wildman–Crippen MR) is 162 cm³/mol. The molecular formula is C31H29N9O3. The fraction of sp³-hybridized carbons (Fsp3) is 0.161. The maximum absolute atomic E-state index is 12.3. The molecule has 0 atom stereocenters. The molecule has 1 aliphatic rings. The Morgan fingerprint density at radius 3 is 2.51 bits per heavy atom. The van der Waals surface area contributed by atoms with Crippen LogP contribution in [0.1, 0.15) is 32.9 Å². The van der Waals surface area contributed by atoms with Crippen molar-refractivity contribution in [3.8, 4) is 23.4 Å². The smallest absolute Gasteiger partial charge is 0.327 e. The number of hydrogen-bond acceptors (Lipinski definition) is 9. The van der Waals surface area contributed by atoms with Gasteiger partial charge >= 0.3 is 6.01 Å². The van der Waals surface area contributed by atoms with Crippen molar-refractivity contribution in [3.05, 3.63) is 101 Å². The lowest BCUT2D eigenvalue weighted by Gasteiger charge is -2.15. The van der Waals surface area contributed by atoms with Gasteiger partial charge in [-0.15, -0.1) is 0 Å². The molecular weight excluding hydrogens is 546 g/mol. The summed E-state index contributed by atoms with van der Waals surface area (Å²) < 4.78 is 14.3. The van der Waals surface area contributed by atoms with Crippen molar-refractivity contribution in [1.82, 2.24) is 24.4 Å². The van der Waals surface area contributed by atoms with Gasteiger partial charge in [-0.25, -0.2) is 4.98 Å². The highest BCUT2D eigenvalue weighted by molar-refractivity contribution is 6.00. The van der Waals surface area contributed by atoms with E-state index in [-0.39, 0.29) is 29.0 Å². The number of aromatic nitrogens is 4. The topological polar surface area (TPSA) is 171 Å². The molecule has 6 rings (SSSR count). The summed E-state index contributed by atoms with van der Waals surface area (Å²) in [5, 5.41) is 7.84. The van der Waals surface area contributed by atoms with E-state index < -0.39 is 5.91 Å². The van der Waals surface area contributed by atoms with Gasteiger partial charge in [0.25, 0.3) is 11.8 Å². The van der Waals surface area contributed by atoms with Gasteiger partial charge in [-0.2, -0.15) is 9.97 Å². The summed E-state index contributed by atoms with van der Waals surface area (Å²) in [6.45, 7) is 3.94. The van der Waals surface area contributed by atoms with Crippen molar-refractivity contribution in [2.75, 3.05) is 20.1 Å². The van der Waals surface area contributed by atoms with E-state index in [1.165, 1.54) is 18.2 Å². The van der Waals surface area contributed by atoms with Crippen LogP contribution >= 0.6 is 0 Å². The van der Waals surface area contributed by atoms with Crippen molar-refractivity contribution < 1.29 is 14.3 Å².